The van der Waals surface area contributed by atoms with Gasteiger partial charge in [0.05, 0.1) is 6.42 Å². The summed E-state index contributed by atoms with van der Waals surface area (Å²) in [5.74, 6) is -0.356. The minimum atomic E-state index is -0.721. The fourth-order valence-corrected chi connectivity index (χ4v) is 3.35. The van der Waals surface area contributed by atoms with Crippen molar-refractivity contribution in [2.45, 2.75) is 19.0 Å². The van der Waals surface area contributed by atoms with Crippen molar-refractivity contribution < 1.29 is 9.59 Å². The van der Waals surface area contributed by atoms with Crippen LogP contribution in [0.2, 0.25) is 5.02 Å². The van der Waals surface area contributed by atoms with Gasteiger partial charge in [-0.25, -0.2) is 0 Å². The highest BCUT2D eigenvalue weighted by atomic mass is 35.5. The fourth-order valence-electron chi connectivity index (χ4n) is 3.23. The van der Waals surface area contributed by atoms with Gasteiger partial charge in [0.15, 0.2) is 0 Å². The van der Waals surface area contributed by atoms with Crippen LogP contribution in [0, 0.1) is 0 Å². The van der Waals surface area contributed by atoms with Crippen LogP contribution in [0.4, 0.5) is 0 Å². The van der Waals surface area contributed by atoms with Crippen molar-refractivity contribution >= 4 is 23.4 Å². The summed E-state index contributed by atoms with van der Waals surface area (Å²) in [5.41, 5.74) is 2.58. The molecule has 5 heteroatoms. The Bertz CT molecular complexity index is 944. The van der Waals surface area contributed by atoms with E-state index in [2.05, 4.69) is 5.32 Å². The van der Waals surface area contributed by atoms with Gasteiger partial charge in [0.1, 0.15) is 6.04 Å². The normalized spacial score (nSPS) is 11.5. The summed E-state index contributed by atoms with van der Waals surface area (Å²) in [5, 5.41) is 3.33. The molecule has 3 aromatic rings. The average Bonchev–Trinajstić information content (AvgIpc) is 2.76. The summed E-state index contributed by atoms with van der Waals surface area (Å²) in [6.07, 6.45) is 0.185. The first-order valence-corrected chi connectivity index (χ1v) is 9.80. The van der Waals surface area contributed by atoms with E-state index in [1.807, 2.05) is 72.8 Å². The molecular formula is C24H23ClN2O2. The molecule has 0 bridgehead atoms. The molecule has 0 unspecified atom stereocenters. The maximum absolute atomic E-state index is 13.4. The first-order chi connectivity index (χ1) is 14.1. The van der Waals surface area contributed by atoms with Gasteiger partial charge < -0.3 is 10.2 Å². The molecular weight excluding hydrogens is 384 g/mol. The van der Waals surface area contributed by atoms with Gasteiger partial charge in [0.25, 0.3) is 0 Å². The first-order valence-electron chi connectivity index (χ1n) is 9.43. The van der Waals surface area contributed by atoms with Gasteiger partial charge >= 0.3 is 0 Å². The maximum Gasteiger partial charge on any atom is 0.247 e. The maximum atomic E-state index is 13.4. The molecule has 4 nitrogen and oxygen atoms in total. The lowest BCUT2D eigenvalue weighted by Crippen LogP contribution is -2.43. The highest BCUT2D eigenvalue weighted by Gasteiger charge is 2.30. The Morgan fingerprint density at radius 1 is 0.862 bits per heavy atom. The van der Waals surface area contributed by atoms with Crippen LogP contribution < -0.4 is 5.32 Å². The summed E-state index contributed by atoms with van der Waals surface area (Å²) >= 11 is 5.96. The topological polar surface area (TPSA) is 49.4 Å². The lowest BCUT2D eigenvalue weighted by atomic mass is 10.0. The molecule has 0 radical (unpaired) electrons. The molecule has 0 spiro atoms. The van der Waals surface area contributed by atoms with Crippen LogP contribution in [0.3, 0.4) is 0 Å². The molecule has 0 saturated heterocycles. The third kappa shape index (κ3) is 5.46. The molecule has 0 saturated carbocycles. The summed E-state index contributed by atoms with van der Waals surface area (Å²) in [6.45, 7) is 0.334. The number of benzene rings is 3. The molecule has 0 fully saturated rings. The molecule has 29 heavy (non-hydrogen) atoms. The lowest BCUT2D eigenvalue weighted by Gasteiger charge is -2.31. The van der Waals surface area contributed by atoms with Crippen LogP contribution in [-0.4, -0.2) is 23.8 Å². The first kappa shape index (κ1) is 20.6. The van der Waals surface area contributed by atoms with Crippen molar-refractivity contribution in [2.75, 3.05) is 7.05 Å². The zero-order valence-electron chi connectivity index (χ0n) is 16.2. The van der Waals surface area contributed by atoms with Crippen molar-refractivity contribution in [3.05, 3.63) is 107 Å². The molecule has 1 N–H and O–H groups in total. The average molecular weight is 407 g/mol. The van der Waals surface area contributed by atoms with Gasteiger partial charge in [-0.1, -0.05) is 84.4 Å². The second-order valence-electron chi connectivity index (χ2n) is 6.74. The number of halogens is 1. The second-order valence-corrected chi connectivity index (χ2v) is 7.17. The van der Waals surface area contributed by atoms with E-state index < -0.39 is 6.04 Å². The summed E-state index contributed by atoms with van der Waals surface area (Å²) in [6, 6.07) is 25.5. The monoisotopic (exact) mass is 406 g/mol. The largest absolute Gasteiger partial charge is 0.357 e. The van der Waals surface area contributed by atoms with Crippen LogP contribution in [0.25, 0.3) is 0 Å². The molecule has 3 aromatic carbocycles. The van der Waals surface area contributed by atoms with Crippen LogP contribution in [0.1, 0.15) is 22.7 Å². The number of rotatable bonds is 7. The Morgan fingerprint density at radius 2 is 1.45 bits per heavy atom. The van der Waals surface area contributed by atoms with Crippen molar-refractivity contribution in [2.24, 2.45) is 0 Å². The molecule has 148 valence electrons. The molecule has 1 atom stereocenters. The van der Waals surface area contributed by atoms with E-state index in [0.29, 0.717) is 11.6 Å². The number of nitrogens with one attached hydrogen (secondary N) is 1. The van der Waals surface area contributed by atoms with Gasteiger partial charge in [-0.2, -0.15) is 0 Å². The number of hydrogen-bond acceptors (Lipinski definition) is 2. The highest BCUT2D eigenvalue weighted by Crippen LogP contribution is 2.25. The summed E-state index contributed by atoms with van der Waals surface area (Å²) < 4.78 is 0. The lowest BCUT2D eigenvalue weighted by molar-refractivity contribution is -0.141. The molecule has 0 aromatic heterocycles. The van der Waals surface area contributed by atoms with E-state index in [0.717, 1.165) is 16.7 Å². The molecule has 2 amide bonds. The smallest absolute Gasteiger partial charge is 0.247 e. The van der Waals surface area contributed by atoms with E-state index in [1.54, 1.807) is 24.1 Å². The zero-order chi connectivity index (χ0) is 20.6. The predicted molar refractivity (Wildman–Crippen MR) is 115 cm³/mol. The van der Waals surface area contributed by atoms with E-state index >= 15 is 0 Å². The highest BCUT2D eigenvalue weighted by molar-refractivity contribution is 6.30. The Kier molecular flexibility index (Phi) is 7.04. The van der Waals surface area contributed by atoms with Crippen molar-refractivity contribution in [1.82, 2.24) is 10.2 Å². The van der Waals surface area contributed by atoms with Crippen LogP contribution in [0.15, 0.2) is 84.9 Å². The van der Waals surface area contributed by atoms with Crippen LogP contribution >= 0.6 is 11.6 Å². The SMILES string of the molecule is CNC(=O)[C@H](c1ccccc1)N(Cc1ccccc1)C(=O)Cc1ccc(Cl)cc1. The standard InChI is InChI=1S/C24H23ClN2O2/c1-26-24(29)23(20-10-6-3-7-11-20)27(17-19-8-4-2-5-9-19)22(28)16-18-12-14-21(25)15-13-18/h2-15,23H,16-17H2,1H3,(H,26,29)/t23-/m0/s1. The number of carbonyl (C=O) groups excluding carboxylic acids is 2. The van der Waals surface area contributed by atoms with E-state index in [-0.39, 0.29) is 18.2 Å². The Labute approximate surface area is 176 Å². The van der Waals surface area contributed by atoms with Crippen molar-refractivity contribution in [1.29, 1.82) is 0 Å². The predicted octanol–water partition coefficient (Wildman–Crippen LogP) is 4.40. The van der Waals surface area contributed by atoms with Crippen molar-refractivity contribution in [3.63, 3.8) is 0 Å². The zero-order valence-corrected chi connectivity index (χ0v) is 17.0. The van der Waals surface area contributed by atoms with Gasteiger partial charge in [0, 0.05) is 18.6 Å². The number of nitrogens with zero attached hydrogens (tertiary/aromatic N) is 1. The minimum absolute atomic E-state index is 0.131. The second kappa shape index (κ2) is 9.89. The van der Waals surface area contributed by atoms with Crippen LogP contribution in [0.5, 0.6) is 0 Å². The molecule has 0 heterocycles. The fraction of sp³-hybridized carbons (Fsp3) is 0.167. The minimum Gasteiger partial charge on any atom is -0.357 e. The van der Waals surface area contributed by atoms with Gasteiger partial charge in [0.2, 0.25) is 11.8 Å². The van der Waals surface area contributed by atoms with Crippen molar-refractivity contribution in [3.8, 4) is 0 Å². The quantitative estimate of drug-likeness (QED) is 0.632. The van der Waals surface area contributed by atoms with E-state index in [1.165, 1.54) is 0 Å². The number of hydrogen-bond donors (Lipinski definition) is 1. The Balaban J connectivity index is 1.96. The van der Waals surface area contributed by atoms with E-state index in [4.69, 9.17) is 11.6 Å². The Hall–Kier alpha value is -3.11. The van der Waals surface area contributed by atoms with Gasteiger partial charge in [-0.3, -0.25) is 9.59 Å². The number of amides is 2. The van der Waals surface area contributed by atoms with Gasteiger partial charge in [-0.05, 0) is 28.8 Å². The number of likely N-dealkylation sites (N-methyl/N-ethyl adjacent to an activating group) is 1. The molecule has 0 aliphatic rings. The summed E-state index contributed by atoms with van der Waals surface area (Å²) in [7, 11) is 1.59. The molecule has 0 aliphatic heterocycles. The van der Waals surface area contributed by atoms with E-state index in [9.17, 15) is 9.59 Å². The third-order valence-corrected chi connectivity index (χ3v) is 4.96. The van der Waals surface area contributed by atoms with Crippen LogP contribution in [-0.2, 0) is 22.6 Å². The molecule has 3 rings (SSSR count). The Morgan fingerprint density at radius 3 is 2.03 bits per heavy atom. The molecule has 0 aliphatic carbocycles. The van der Waals surface area contributed by atoms with Gasteiger partial charge in [-0.15, -0.1) is 0 Å². The third-order valence-electron chi connectivity index (χ3n) is 4.71. The number of carbonyl (C=O) groups is 2. The summed E-state index contributed by atoms with van der Waals surface area (Å²) in [4.78, 5) is 27.8.